The van der Waals surface area contributed by atoms with Crippen LogP contribution < -0.4 is 10.2 Å². The maximum atomic E-state index is 4.00. The lowest BCUT2D eigenvalue weighted by molar-refractivity contribution is -0.869. The predicted octanol–water partition coefficient (Wildman–Crippen LogP) is -0.567. The first-order chi connectivity index (χ1) is 4.86. The molecule has 0 aromatic rings. The van der Waals surface area contributed by atoms with Gasteiger partial charge in [-0.25, -0.2) is 0 Å². The Morgan fingerprint density at radius 3 is 2.40 bits per heavy atom. The standard InChI is InChI=1S/C6H12N2.C2H6/c1-8-4-5-2-6(8)3-7-5;1-2/h5-8H,1-4H2;1-2H3/t5-,6-;/m1./s1. The second-order valence-electron chi connectivity index (χ2n) is 2.90. The van der Waals surface area contributed by atoms with Gasteiger partial charge in [0.15, 0.2) is 0 Å². The number of quaternary nitrogens is 1. The molecule has 0 spiro atoms. The van der Waals surface area contributed by atoms with Crippen molar-refractivity contribution in [2.24, 2.45) is 0 Å². The average molecular weight is 142 g/mol. The number of rotatable bonds is 0. The molecule has 2 heteroatoms. The summed E-state index contributed by atoms with van der Waals surface area (Å²) in [6, 6.07) is 1.63. The van der Waals surface area contributed by atoms with Gasteiger partial charge in [-0.2, -0.15) is 7.05 Å². The van der Waals surface area contributed by atoms with Crippen molar-refractivity contribution in [2.75, 3.05) is 13.1 Å². The van der Waals surface area contributed by atoms with E-state index in [1.165, 1.54) is 24.4 Å². The van der Waals surface area contributed by atoms with E-state index in [0.717, 1.165) is 12.1 Å². The van der Waals surface area contributed by atoms with Crippen LogP contribution in [0.2, 0.25) is 0 Å². The van der Waals surface area contributed by atoms with Crippen molar-refractivity contribution in [3.8, 4) is 0 Å². The molecule has 0 amide bonds. The Morgan fingerprint density at radius 2 is 2.20 bits per heavy atom. The molecule has 1 unspecified atom stereocenters. The minimum Gasteiger partial charge on any atom is -0.463 e. The van der Waals surface area contributed by atoms with Crippen molar-refractivity contribution >= 4 is 0 Å². The molecule has 10 heavy (non-hydrogen) atoms. The molecule has 0 aromatic heterocycles. The summed E-state index contributed by atoms with van der Waals surface area (Å²) in [4.78, 5) is 1.48. The molecule has 0 radical (unpaired) electrons. The molecule has 2 N–H and O–H groups in total. The molecular weight excluding hydrogens is 124 g/mol. The van der Waals surface area contributed by atoms with E-state index in [1.54, 1.807) is 0 Å². The van der Waals surface area contributed by atoms with Gasteiger partial charge in [0.05, 0.1) is 18.6 Å². The van der Waals surface area contributed by atoms with Crippen LogP contribution in [-0.4, -0.2) is 25.2 Å². The number of hydrogen-bond donors (Lipinski definition) is 2. The van der Waals surface area contributed by atoms with E-state index in [1.807, 2.05) is 13.8 Å². The summed E-state index contributed by atoms with van der Waals surface area (Å²) >= 11 is 0. The summed E-state index contributed by atoms with van der Waals surface area (Å²) in [7, 11) is 4.00. The van der Waals surface area contributed by atoms with Crippen molar-refractivity contribution in [1.29, 1.82) is 0 Å². The van der Waals surface area contributed by atoms with Crippen molar-refractivity contribution < 1.29 is 4.90 Å². The van der Waals surface area contributed by atoms with Crippen molar-refractivity contribution in [3.63, 3.8) is 0 Å². The highest BCUT2D eigenvalue weighted by Gasteiger charge is 2.35. The highest BCUT2D eigenvalue weighted by Crippen LogP contribution is 2.07. The molecule has 2 fully saturated rings. The second kappa shape index (κ2) is 3.35. The zero-order chi connectivity index (χ0) is 7.56. The van der Waals surface area contributed by atoms with Gasteiger partial charge in [-0.15, -0.1) is 0 Å². The van der Waals surface area contributed by atoms with Gasteiger partial charge < -0.3 is 10.2 Å². The quantitative estimate of drug-likeness (QED) is 0.433. The van der Waals surface area contributed by atoms with Crippen LogP contribution in [0.4, 0.5) is 0 Å². The van der Waals surface area contributed by atoms with Crippen LogP contribution in [0.1, 0.15) is 20.3 Å². The van der Waals surface area contributed by atoms with Gasteiger partial charge in [-0.05, 0) is 0 Å². The number of nitrogens with one attached hydrogen (secondary N) is 2. The Morgan fingerprint density at radius 1 is 1.50 bits per heavy atom. The first-order valence-corrected chi connectivity index (χ1v) is 4.27. The summed E-state index contributed by atoms with van der Waals surface area (Å²) in [5.41, 5.74) is 0. The lowest BCUT2D eigenvalue weighted by Gasteiger charge is -2.25. The van der Waals surface area contributed by atoms with Gasteiger partial charge in [0.25, 0.3) is 0 Å². The lowest BCUT2D eigenvalue weighted by atomic mass is 10.2. The SMILES string of the molecule is CC.[CH2-][NH+]1C[C@H]2C[C@@H]1CN2. The van der Waals surface area contributed by atoms with Crippen molar-refractivity contribution in [3.05, 3.63) is 7.05 Å². The maximum absolute atomic E-state index is 4.00. The van der Waals surface area contributed by atoms with Gasteiger partial charge in [0.2, 0.25) is 0 Å². The van der Waals surface area contributed by atoms with Gasteiger partial charge in [-0.3, -0.25) is 0 Å². The fourth-order valence-electron chi connectivity index (χ4n) is 1.77. The van der Waals surface area contributed by atoms with Crippen LogP contribution in [0.15, 0.2) is 0 Å². The molecular formula is C8H18N2. The molecule has 2 aliphatic heterocycles. The topological polar surface area (TPSA) is 16.5 Å². The fraction of sp³-hybridized carbons (Fsp3) is 0.875. The van der Waals surface area contributed by atoms with Gasteiger partial charge >= 0.3 is 0 Å². The summed E-state index contributed by atoms with van der Waals surface area (Å²) < 4.78 is 0. The second-order valence-corrected chi connectivity index (χ2v) is 2.90. The third-order valence-electron chi connectivity index (χ3n) is 2.31. The van der Waals surface area contributed by atoms with E-state index >= 15 is 0 Å². The highest BCUT2D eigenvalue weighted by molar-refractivity contribution is 4.85. The highest BCUT2D eigenvalue weighted by atomic mass is 15.3. The maximum Gasteiger partial charge on any atom is 0.0779 e. The van der Waals surface area contributed by atoms with E-state index in [0.29, 0.717) is 0 Å². The van der Waals surface area contributed by atoms with E-state index in [9.17, 15) is 0 Å². The van der Waals surface area contributed by atoms with E-state index in [2.05, 4.69) is 12.4 Å². The summed E-state index contributed by atoms with van der Waals surface area (Å²) in [6.45, 7) is 6.44. The largest absolute Gasteiger partial charge is 0.463 e. The Hall–Kier alpha value is -0.0800. The summed E-state index contributed by atoms with van der Waals surface area (Å²) in [5, 5.41) is 3.43. The predicted molar refractivity (Wildman–Crippen MR) is 42.7 cm³/mol. The van der Waals surface area contributed by atoms with Crippen molar-refractivity contribution in [2.45, 2.75) is 32.4 Å². The first-order valence-electron chi connectivity index (χ1n) is 4.27. The number of hydrogen-bond acceptors (Lipinski definition) is 1. The average Bonchev–Trinajstić information content (AvgIpc) is 2.52. The number of piperazine rings is 1. The minimum atomic E-state index is 0.799. The van der Waals surface area contributed by atoms with Gasteiger partial charge in [0, 0.05) is 13.0 Å². The van der Waals surface area contributed by atoms with Crippen LogP contribution >= 0.6 is 0 Å². The van der Waals surface area contributed by atoms with Crippen LogP contribution in [0.5, 0.6) is 0 Å². The van der Waals surface area contributed by atoms with Crippen LogP contribution in [0.25, 0.3) is 0 Å². The molecule has 2 aliphatic rings. The number of fused-ring (bicyclic) bond motifs is 2. The molecule has 0 saturated carbocycles. The smallest absolute Gasteiger partial charge is 0.0779 e. The van der Waals surface area contributed by atoms with E-state index < -0.39 is 0 Å². The molecule has 3 atom stereocenters. The van der Waals surface area contributed by atoms with Crippen LogP contribution in [-0.2, 0) is 0 Å². The van der Waals surface area contributed by atoms with Crippen molar-refractivity contribution in [1.82, 2.24) is 5.32 Å². The third-order valence-corrected chi connectivity index (χ3v) is 2.31. The molecule has 2 bridgehead atoms. The first kappa shape index (κ1) is 8.02. The third kappa shape index (κ3) is 1.32. The molecule has 60 valence electrons. The lowest BCUT2D eigenvalue weighted by Crippen LogP contribution is -3.11. The summed E-state index contributed by atoms with van der Waals surface area (Å²) in [5.74, 6) is 0. The molecule has 2 nitrogen and oxygen atoms in total. The zero-order valence-electron chi connectivity index (χ0n) is 6.98. The molecule has 2 saturated heterocycles. The van der Waals surface area contributed by atoms with Crippen LogP contribution in [0, 0.1) is 7.05 Å². The molecule has 2 heterocycles. The zero-order valence-corrected chi connectivity index (χ0v) is 6.98. The monoisotopic (exact) mass is 142 g/mol. The normalized spacial score (nSPS) is 42.9. The Bertz CT molecular complexity index is 101. The molecule has 0 aromatic carbocycles. The Balaban J connectivity index is 0.000000231. The fourth-order valence-corrected chi connectivity index (χ4v) is 1.77. The van der Waals surface area contributed by atoms with Crippen LogP contribution in [0.3, 0.4) is 0 Å². The van der Waals surface area contributed by atoms with E-state index in [-0.39, 0.29) is 0 Å². The van der Waals surface area contributed by atoms with Gasteiger partial charge in [0.1, 0.15) is 0 Å². The Kier molecular flexibility index (Phi) is 2.69. The van der Waals surface area contributed by atoms with Gasteiger partial charge in [-0.1, -0.05) is 13.8 Å². The molecule has 2 rings (SSSR count). The summed E-state index contributed by atoms with van der Waals surface area (Å²) in [6.07, 6.45) is 1.36. The molecule has 0 aliphatic carbocycles. The number of likely N-dealkylation sites (tertiary alicyclic amines) is 1. The Labute approximate surface area is 63.6 Å². The van der Waals surface area contributed by atoms with E-state index in [4.69, 9.17) is 0 Å². The minimum absolute atomic E-state index is 0.799.